The van der Waals surface area contributed by atoms with E-state index in [2.05, 4.69) is 19.2 Å². The molecule has 0 radical (unpaired) electrons. The monoisotopic (exact) mass is 209 g/mol. The number of benzene rings is 1. The van der Waals surface area contributed by atoms with Crippen molar-refractivity contribution in [1.82, 2.24) is 0 Å². The number of methoxy groups -OCH3 is 1. The first-order valence-corrected chi connectivity index (χ1v) is 4.87. The molecule has 0 atom stereocenters. The zero-order chi connectivity index (χ0) is 11.5. The molecule has 0 saturated carbocycles. The zero-order valence-corrected chi connectivity index (χ0v) is 9.50. The highest BCUT2D eigenvalue weighted by atomic mass is 16.5. The molecule has 0 saturated heterocycles. The molecule has 0 aliphatic rings. The molecule has 1 rings (SSSR count). The number of hydrogen-bond donors (Lipinski definition) is 3. The summed E-state index contributed by atoms with van der Waals surface area (Å²) in [7, 11) is 1.68. The van der Waals surface area contributed by atoms with E-state index in [0.29, 0.717) is 18.0 Å². The van der Waals surface area contributed by atoms with Gasteiger partial charge in [-0.05, 0) is 32.0 Å². The zero-order valence-electron chi connectivity index (χ0n) is 9.50. The highest BCUT2D eigenvalue weighted by Gasteiger charge is 2.16. The standard InChI is InChI=1S/C11H19N3O/c1-11(2,7-15-3)14-8-4-5-9(12)10(13)6-8/h4-6,14H,7,12-13H2,1-3H3. The van der Waals surface area contributed by atoms with Gasteiger partial charge in [0, 0.05) is 12.8 Å². The number of anilines is 3. The molecule has 5 N–H and O–H groups in total. The second-order valence-electron chi connectivity index (χ2n) is 4.29. The summed E-state index contributed by atoms with van der Waals surface area (Å²) in [5.74, 6) is 0. The molecule has 84 valence electrons. The van der Waals surface area contributed by atoms with Crippen LogP contribution in [0.4, 0.5) is 17.1 Å². The molecular weight excluding hydrogens is 190 g/mol. The van der Waals surface area contributed by atoms with Crippen molar-refractivity contribution >= 4 is 17.1 Å². The van der Waals surface area contributed by atoms with Gasteiger partial charge in [0.1, 0.15) is 0 Å². The van der Waals surface area contributed by atoms with Crippen LogP contribution in [-0.4, -0.2) is 19.3 Å². The number of ether oxygens (including phenoxy) is 1. The van der Waals surface area contributed by atoms with Gasteiger partial charge in [0.05, 0.1) is 23.5 Å². The first kappa shape index (κ1) is 11.7. The maximum atomic E-state index is 5.72. The van der Waals surface area contributed by atoms with Crippen LogP contribution in [0.25, 0.3) is 0 Å². The molecule has 15 heavy (non-hydrogen) atoms. The molecule has 1 aromatic rings. The molecule has 0 heterocycles. The average molecular weight is 209 g/mol. The number of hydrogen-bond acceptors (Lipinski definition) is 4. The van der Waals surface area contributed by atoms with Gasteiger partial charge in [-0.3, -0.25) is 0 Å². The highest BCUT2D eigenvalue weighted by Crippen LogP contribution is 2.22. The fourth-order valence-electron chi connectivity index (χ4n) is 1.44. The summed E-state index contributed by atoms with van der Waals surface area (Å²) >= 11 is 0. The van der Waals surface area contributed by atoms with Gasteiger partial charge in [-0.2, -0.15) is 0 Å². The summed E-state index contributed by atoms with van der Waals surface area (Å²) in [5, 5.41) is 3.33. The van der Waals surface area contributed by atoms with Gasteiger partial charge in [0.15, 0.2) is 0 Å². The van der Waals surface area contributed by atoms with Crippen LogP contribution in [0.15, 0.2) is 18.2 Å². The molecule has 4 nitrogen and oxygen atoms in total. The van der Waals surface area contributed by atoms with Crippen molar-refractivity contribution < 1.29 is 4.74 Å². The van der Waals surface area contributed by atoms with E-state index < -0.39 is 0 Å². The van der Waals surface area contributed by atoms with Gasteiger partial charge in [0.25, 0.3) is 0 Å². The van der Waals surface area contributed by atoms with Crippen LogP contribution < -0.4 is 16.8 Å². The van der Waals surface area contributed by atoms with Crippen molar-refractivity contribution in [2.75, 3.05) is 30.5 Å². The molecule has 0 spiro atoms. The Labute approximate surface area is 90.6 Å². The van der Waals surface area contributed by atoms with Crippen molar-refractivity contribution in [1.29, 1.82) is 0 Å². The first-order chi connectivity index (χ1) is 6.94. The predicted octanol–water partition coefficient (Wildman–Crippen LogP) is 1.69. The predicted molar refractivity (Wildman–Crippen MR) is 64.8 cm³/mol. The van der Waals surface area contributed by atoms with Crippen LogP contribution in [0.5, 0.6) is 0 Å². The topological polar surface area (TPSA) is 73.3 Å². The van der Waals surface area contributed by atoms with Gasteiger partial charge in [0.2, 0.25) is 0 Å². The lowest BCUT2D eigenvalue weighted by molar-refractivity contribution is 0.158. The fourth-order valence-corrected chi connectivity index (χ4v) is 1.44. The summed E-state index contributed by atoms with van der Waals surface area (Å²) in [6.07, 6.45) is 0. The minimum Gasteiger partial charge on any atom is -0.397 e. The minimum atomic E-state index is -0.128. The van der Waals surface area contributed by atoms with Crippen LogP contribution in [0.2, 0.25) is 0 Å². The SMILES string of the molecule is COCC(C)(C)Nc1ccc(N)c(N)c1. The third kappa shape index (κ3) is 3.32. The summed E-state index contributed by atoms with van der Waals surface area (Å²) in [4.78, 5) is 0. The van der Waals surface area contributed by atoms with Crippen LogP contribution in [0.1, 0.15) is 13.8 Å². The van der Waals surface area contributed by atoms with Crippen molar-refractivity contribution in [3.63, 3.8) is 0 Å². The molecule has 4 heteroatoms. The van der Waals surface area contributed by atoms with Gasteiger partial charge < -0.3 is 21.5 Å². The van der Waals surface area contributed by atoms with E-state index in [1.807, 2.05) is 12.1 Å². The van der Waals surface area contributed by atoms with Crippen molar-refractivity contribution in [2.24, 2.45) is 0 Å². The van der Waals surface area contributed by atoms with E-state index in [-0.39, 0.29) is 5.54 Å². The van der Waals surface area contributed by atoms with Crippen molar-refractivity contribution in [3.05, 3.63) is 18.2 Å². The highest BCUT2D eigenvalue weighted by molar-refractivity contribution is 5.69. The lowest BCUT2D eigenvalue weighted by Gasteiger charge is -2.26. The van der Waals surface area contributed by atoms with Crippen LogP contribution in [-0.2, 0) is 4.74 Å². The molecular formula is C11H19N3O. The van der Waals surface area contributed by atoms with E-state index in [1.165, 1.54) is 0 Å². The lowest BCUT2D eigenvalue weighted by atomic mass is 10.1. The Morgan fingerprint density at radius 1 is 1.27 bits per heavy atom. The average Bonchev–Trinajstić information content (AvgIpc) is 2.10. The van der Waals surface area contributed by atoms with E-state index in [1.54, 1.807) is 13.2 Å². The molecule has 0 aliphatic carbocycles. The molecule has 1 aromatic carbocycles. The molecule has 0 aromatic heterocycles. The number of nitrogens with two attached hydrogens (primary N) is 2. The van der Waals surface area contributed by atoms with Crippen molar-refractivity contribution in [3.8, 4) is 0 Å². The Balaban J connectivity index is 2.76. The third-order valence-electron chi connectivity index (χ3n) is 2.07. The molecule has 0 fully saturated rings. The van der Waals surface area contributed by atoms with Gasteiger partial charge in [-0.15, -0.1) is 0 Å². The van der Waals surface area contributed by atoms with Crippen LogP contribution in [0.3, 0.4) is 0 Å². The molecule has 0 aliphatic heterocycles. The Morgan fingerprint density at radius 2 is 1.93 bits per heavy atom. The Morgan fingerprint density at radius 3 is 2.47 bits per heavy atom. The van der Waals surface area contributed by atoms with Crippen LogP contribution in [0, 0.1) is 0 Å². The number of nitrogens with one attached hydrogen (secondary N) is 1. The Kier molecular flexibility index (Phi) is 3.42. The third-order valence-corrected chi connectivity index (χ3v) is 2.07. The van der Waals surface area contributed by atoms with E-state index >= 15 is 0 Å². The fraction of sp³-hybridized carbons (Fsp3) is 0.455. The largest absolute Gasteiger partial charge is 0.397 e. The second-order valence-corrected chi connectivity index (χ2v) is 4.29. The number of rotatable bonds is 4. The molecule has 0 unspecified atom stereocenters. The van der Waals surface area contributed by atoms with Gasteiger partial charge in [-0.1, -0.05) is 0 Å². The minimum absolute atomic E-state index is 0.128. The maximum Gasteiger partial charge on any atom is 0.0687 e. The molecule has 0 bridgehead atoms. The normalized spacial score (nSPS) is 11.4. The quantitative estimate of drug-likeness (QED) is 0.660. The lowest BCUT2D eigenvalue weighted by Crippen LogP contribution is -2.35. The Hall–Kier alpha value is -1.42. The number of nitrogen functional groups attached to an aromatic ring is 2. The smallest absolute Gasteiger partial charge is 0.0687 e. The van der Waals surface area contributed by atoms with Gasteiger partial charge in [-0.25, -0.2) is 0 Å². The Bertz CT molecular complexity index is 337. The van der Waals surface area contributed by atoms with Crippen LogP contribution >= 0.6 is 0 Å². The summed E-state index contributed by atoms with van der Waals surface area (Å²) in [6, 6.07) is 5.52. The first-order valence-electron chi connectivity index (χ1n) is 4.87. The van der Waals surface area contributed by atoms with E-state index in [0.717, 1.165) is 5.69 Å². The summed E-state index contributed by atoms with van der Waals surface area (Å²) < 4.78 is 5.11. The second kappa shape index (κ2) is 4.40. The summed E-state index contributed by atoms with van der Waals surface area (Å²) in [5.41, 5.74) is 13.4. The summed E-state index contributed by atoms with van der Waals surface area (Å²) in [6.45, 7) is 4.74. The molecule has 0 amide bonds. The van der Waals surface area contributed by atoms with E-state index in [4.69, 9.17) is 16.2 Å². The van der Waals surface area contributed by atoms with E-state index in [9.17, 15) is 0 Å². The van der Waals surface area contributed by atoms with Gasteiger partial charge >= 0.3 is 0 Å². The maximum absolute atomic E-state index is 5.72. The van der Waals surface area contributed by atoms with Crippen molar-refractivity contribution in [2.45, 2.75) is 19.4 Å².